The second kappa shape index (κ2) is 6.88. The molecular formula is C18H17FN2O4. The van der Waals surface area contributed by atoms with Gasteiger partial charge in [0.2, 0.25) is 0 Å². The van der Waals surface area contributed by atoms with Gasteiger partial charge in [-0.15, -0.1) is 0 Å². The highest BCUT2D eigenvalue weighted by Crippen LogP contribution is 2.41. The minimum atomic E-state index is -1.08. The zero-order valence-corrected chi connectivity index (χ0v) is 13.4. The maximum Gasteiger partial charge on any atom is 0.341 e. The Morgan fingerprint density at radius 3 is 2.52 bits per heavy atom. The van der Waals surface area contributed by atoms with Gasteiger partial charge in [-0.3, -0.25) is 9.78 Å². The first-order valence-electron chi connectivity index (χ1n) is 7.88. The number of nitrogens with zero attached hydrogens (tertiary/aromatic N) is 1. The molecule has 1 aliphatic rings. The second-order valence-corrected chi connectivity index (χ2v) is 5.93. The van der Waals surface area contributed by atoms with Gasteiger partial charge in [-0.2, -0.15) is 0 Å². The summed E-state index contributed by atoms with van der Waals surface area (Å²) in [6.07, 6.45) is 3.66. The van der Waals surface area contributed by atoms with Crippen molar-refractivity contribution in [2.75, 3.05) is 6.61 Å². The molecule has 7 heteroatoms. The van der Waals surface area contributed by atoms with Crippen LogP contribution in [0.4, 0.5) is 4.39 Å². The van der Waals surface area contributed by atoms with Gasteiger partial charge in [0, 0.05) is 11.8 Å². The van der Waals surface area contributed by atoms with Gasteiger partial charge in [0.05, 0.1) is 5.54 Å². The smallest absolute Gasteiger partial charge is 0.341 e. The summed E-state index contributed by atoms with van der Waals surface area (Å²) in [5.74, 6) is -1.49. The van der Waals surface area contributed by atoms with Crippen LogP contribution in [-0.4, -0.2) is 28.6 Å². The second-order valence-electron chi connectivity index (χ2n) is 5.93. The average molecular weight is 344 g/mol. The molecule has 0 unspecified atom stereocenters. The summed E-state index contributed by atoms with van der Waals surface area (Å²) in [4.78, 5) is 27.1. The molecule has 0 bridgehead atoms. The molecule has 130 valence electrons. The summed E-state index contributed by atoms with van der Waals surface area (Å²) < 4.78 is 19.1. The molecule has 2 aromatic rings. The predicted octanol–water partition coefficient (Wildman–Crippen LogP) is 2.49. The summed E-state index contributed by atoms with van der Waals surface area (Å²) in [6.45, 7) is -0.451. The van der Waals surface area contributed by atoms with Crippen molar-refractivity contribution in [3.8, 4) is 5.75 Å². The highest BCUT2D eigenvalue weighted by atomic mass is 19.1. The van der Waals surface area contributed by atoms with E-state index in [-0.39, 0.29) is 11.6 Å². The molecule has 25 heavy (non-hydrogen) atoms. The number of hydrogen-bond acceptors (Lipinski definition) is 4. The van der Waals surface area contributed by atoms with Gasteiger partial charge in [-0.1, -0.05) is 0 Å². The molecule has 0 aliphatic heterocycles. The van der Waals surface area contributed by atoms with Gasteiger partial charge >= 0.3 is 5.97 Å². The third-order valence-electron chi connectivity index (χ3n) is 4.25. The van der Waals surface area contributed by atoms with Crippen LogP contribution in [0.15, 0.2) is 42.6 Å². The van der Waals surface area contributed by atoms with Crippen LogP contribution in [0.3, 0.4) is 0 Å². The van der Waals surface area contributed by atoms with E-state index in [4.69, 9.17) is 9.84 Å². The number of carbonyl (C=O) groups excluding carboxylic acids is 1. The molecule has 0 radical (unpaired) electrons. The van der Waals surface area contributed by atoms with Crippen LogP contribution >= 0.6 is 0 Å². The number of benzene rings is 1. The number of nitrogens with one attached hydrogen (secondary N) is 1. The number of carboxylic acid groups (broad SMARTS) is 1. The van der Waals surface area contributed by atoms with Gasteiger partial charge in [-0.05, 0) is 55.7 Å². The first-order valence-corrected chi connectivity index (χ1v) is 7.88. The number of pyridine rings is 1. The molecule has 2 N–H and O–H groups in total. The van der Waals surface area contributed by atoms with E-state index in [1.54, 1.807) is 0 Å². The zero-order valence-electron chi connectivity index (χ0n) is 13.4. The lowest BCUT2D eigenvalue weighted by Gasteiger charge is -2.42. The first-order chi connectivity index (χ1) is 12.0. The fourth-order valence-corrected chi connectivity index (χ4v) is 2.83. The molecule has 1 heterocycles. The Morgan fingerprint density at radius 2 is 1.96 bits per heavy atom. The predicted molar refractivity (Wildman–Crippen MR) is 86.8 cm³/mol. The van der Waals surface area contributed by atoms with Crippen molar-refractivity contribution in [3.05, 3.63) is 59.7 Å². The van der Waals surface area contributed by atoms with E-state index in [0.717, 1.165) is 6.42 Å². The molecule has 1 saturated carbocycles. The van der Waals surface area contributed by atoms with E-state index in [9.17, 15) is 14.0 Å². The Hall–Kier alpha value is -2.96. The molecule has 3 rings (SSSR count). The van der Waals surface area contributed by atoms with E-state index >= 15 is 0 Å². The lowest BCUT2D eigenvalue weighted by molar-refractivity contribution is -0.139. The van der Waals surface area contributed by atoms with E-state index in [0.29, 0.717) is 24.2 Å². The number of ether oxygens (including phenoxy) is 1. The van der Waals surface area contributed by atoms with Crippen LogP contribution in [0.5, 0.6) is 5.75 Å². The van der Waals surface area contributed by atoms with Crippen molar-refractivity contribution in [2.24, 2.45) is 0 Å². The maximum atomic E-state index is 14.1. The van der Waals surface area contributed by atoms with E-state index < -0.39 is 23.9 Å². The molecular weight excluding hydrogens is 327 g/mol. The largest absolute Gasteiger partial charge is 0.482 e. The number of hydrogen-bond donors (Lipinski definition) is 2. The number of halogens is 1. The number of rotatable bonds is 6. The van der Waals surface area contributed by atoms with Gasteiger partial charge in [-0.25, -0.2) is 9.18 Å². The lowest BCUT2D eigenvalue weighted by atomic mass is 9.73. The van der Waals surface area contributed by atoms with Gasteiger partial charge in [0.25, 0.3) is 5.91 Å². The minimum Gasteiger partial charge on any atom is -0.482 e. The van der Waals surface area contributed by atoms with Gasteiger partial charge in [0.1, 0.15) is 17.3 Å². The van der Waals surface area contributed by atoms with Gasteiger partial charge in [0.15, 0.2) is 6.61 Å². The van der Waals surface area contributed by atoms with Crippen LogP contribution in [0.2, 0.25) is 0 Å². The van der Waals surface area contributed by atoms with Crippen molar-refractivity contribution < 1.29 is 23.8 Å². The van der Waals surface area contributed by atoms with E-state index in [1.165, 1.54) is 42.6 Å². The number of amides is 1. The van der Waals surface area contributed by atoms with Crippen LogP contribution in [-0.2, 0) is 10.3 Å². The van der Waals surface area contributed by atoms with E-state index in [2.05, 4.69) is 10.3 Å². The first kappa shape index (κ1) is 16.9. The number of carboxylic acids is 1. The SMILES string of the molecule is O=C(O)COc1ccc(C(=O)NC2(c3ncccc3F)CCC2)cc1. The quantitative estimate of drug-likeness (QED) is 0.840. The third-order valence-corrected chi connectivity index (χ3v) is 4.25. The Balaban J connectivity index is 1.73. The highest BCUT2D eigenvalue weighted by Gasteiger charge is 2.43. The fraction of sp³-hybridized carbons (Fsp3) is 0.278. The Kier molecular flexibility index (Phi) is 4.65. The summed E-state index contributed by atoms with van der Waals surface area (Å²) >= 11 is 0. The van der Waals surface area contributed by atoms with Crippen molar-refractivity contribution in [1.29, 1.82) is 0 Å². The lowest BCUT2D eigenvalue weighted by Crippen LogP contribution is -2.51. The van der Waals surface area contributed by atoms with Crippen LogP contribution in [0, 0.1) is 5.82 Å². The van der Waals surface area contributed by atoms with Crippen molar-refractivity contribution in [2.45, 2.75) is 24.8 Å². The molecule has 1 aromatic heterocycles. The normalized spacial score (nSPS) is 15.1. The Bertz CT molecular complexity index is 788. The monoisotopic (exact) mass is 344 g/mol. The summed E-state index contributed by atoms with van der Waals surface area (Å²) in [5, 5.41) is 11.5. The molecule has 0 atom stereocenters. The zero-order chi connectivity index (χ0) is 17.9. The summed E-state index contributed by atoms with van der Waals surface area (Å²) in [7, 11) is 0. The molecule has 1 aromatic carbocycles. The van der Waals surface area contributed by atoms with Crippen LogP contribution in [0.25, 0.3) is 0 Å². The fourth-order valence-electron chi connectivity index (χ4n) is 2.83. The maximum absolute atomic E-state index is 14.1. The molecule has 1 amide bonds. The summed E-state index contributed by atoms with van der Waals surface area (Å²) in [6, 6.07) is 8.96. The van der Waals surface area contributed by atoms with Crippen molar-refractivity contribution in [3.63, 3.8) is 0 Å². The van der Waals surface area contributed by atoms with Crippen molar-refractivity contribution in [1.82, 2.24) is 10.3 Å². The number of aliphatic carboxylic acids is 1. The van der Waals surface area contributed by atoms with Gasteiger partial charge < -0.3 is 15.2 Å². The number of aromatic nitrogens is 1. The molecule has 1 fully saturated rings. The number of carbonyl (C=O) groups is 2. The standard InChI is InChI=1S/C18H17FN2O4/c19-14-3-1-10-20-16(14)18(8-2-9-18)21-17(24)12-4-6-13(7-5-12)25-11-15(22)23/h1,3-7,10H,2,8-9,11H2,(H,21,24)(H,22,23). The Labute approximate surface area is 143 Å². The Morgan fingerprint density at radius 1 is 1.24 bits per heavy atom. The molecule has 0 spiro atoms. The molecule has 0 saturated heterocycles. The molecule has 6 nitrogen and oxygen atoms in total. The average Bonchev–Trinajstić information content (AvgIpc) is 2.57. The topological polar surface area (TPSA) is 88.5 Å². The van der Waals surface area contributed by atoms with Crippen LogP contribution < -0.4 is 10.1 Å². The van der Waals surface area contributed by atoms with E-state index in [1.807, 2.05) is 0 Å². The minimum absolute atomic E-state index is 0.260. The summed E-state index contributed by atoms with van der Waals surface area (Å²) in [5.41, 5.74) is -0.137. The molecule has 1 aliphatic carbocycles. The van der Waals surface area contributed by atoms with Crippen molar-refractivity contribution >= 4 is 11.9 Å². The third kappa shape index (κ3) is 3.60. The van der Waals surface area contributed by atoms with Crippen LogP contribution in [0.1, 0.15) is 35.3 Å². The highest BCUT2D eigenvalue weighted by molar-refractivity contribution is 5.95.